The van der Waals surface area contributed by atoms with Gasteiger partial charge in [-0.3, -0.25) is 9.59 Å². The minimum absolute atomic E-state index is 0.239. The second kappa shape index (κ2) is 6.58. The number of hydrogen-bond donors (Lipinski definition) is 1. The maximum atomic E-state index is 13.0. The first-order valence-electron chi connectivity index (χ1n) is 7.88. The van der Waals surface area contributed by atoms with E-state index in [1.165, 1.54) is 6.92 Å². The summed E-state index contributed by atoms with van der Waals surface area (Å²) < 4.78 is 3.46. The normalized spacial score (nSPS) is 10.6. The Morgan fingerprint density at radius 1 is 0.917 bits per heavy atom. The molecule has 0 aliphatic rings. The van der Waals surface area contributed by atoms with E-state index < -0.39 is 0 Å². The molecule has 2 aromatic carbocycles. The van der Waals surface area contributed by atoms with Crippen LogP contribution in [0.25, 0.3) is 11.4 Å². The molecule has 5 nitrogen and oxygen atoms in total. The van der Waals surface area contributed by atoms with Crippen molar-refractivity contribution in [2.24, 2.45) is 0 Å². The van der Waals surface area contributed by atoms with Gasteiger partial charge >= 0.3 is 0 Å². The van der Waals surface area contributed by atoms with Crippen molar-refractivity contribution in [3.05, 3.63) is 76.7 Å². The van der Waals surface area contributed by atoms with Gasteiger partial charge in [0.2, 0.25) is 5.91 Å². The van der Waals surface area contributed by atoms with Gasteiger partial charge in [-0.15, -0.1) is 0 Å². The first-order valence-corrected chi connectivity index (χ1v) is 7.88. The Balaban J connectivity index is 2.36. The highest BCUT2D eigenvalue weighted by molar-refractivity contribution is 5.89. The lowest BCUT2D eigenvalue weighted by molar-refractivity contribution is -0.114. The predicted molar refractivity (Wildman–Crippen MR) is 95.0 cm³/mol. The van der Waals surface area contributed by atoms with Crippen LogP contribution >= 0.6 is 0 Å². The second-order valence-corrected chi connectivity index (χ2v) is 5.46. The van der Waals surface area contributed by atoms with E-state index in [2.05, 4.69) is 5.32 Å². The van der Waals surface area contributed by atoms with E-state index in [1.807, 2.05) is 72.3 Å². The highest BCUT2D eigenvalue weighted by Gasteiger charge is 2.21. The number of para-hydroxylation sites is 2. The SMILES string of the molecule is CCc1c(NC(C)=O)c(=O)n(-c2ccccc2)n1-c1ccccc1. The Kier molecular flexibility index (Phi) is 4.33. The summed E-state index contributed by atoms with van der Waals surface area (Å²) in [6.07, 6.45) is 0.611. The van der Waals surface area contributed by atoms with Gasteiger partial charge in [0.05, 0.1) is 17.1 Å². The summed E-state index contributed by atoms with van der Waals surface area (Å²) >= 11 is 0. The second-order valence-electron chi connectivity index (χ2n) is 5.46. The van der Waals surface area contributed by atoms with Gasteiger partial charge in [0.15, 0.2) is 0 Å². The zero-order chi connectivity index (χ0) is 17.1. The van der Waals surface area contributed by atoms with Gasteiger partial charge in [-0.05, 0) is 30.7 Å². The van der Waals surface area contributed by atoms with E-state index in [1.54, 1.807) is 4.68 Å². The van der Waals surface area contributed by atoms with Crippen LogP contribution in [0.3, 0.4) is 0 Å². The fourth-order valence-electron chi connectivity index (χ4n) is 2.82. The summed E-state index contributed by atoms with van der Waals surface area (Å²) in [6, 6.07) is 19.1. The van der Waals surface area contributed by atoms with Gasteiger partial charge in [-0.25, -0.2) is 9.36 Å². The Bertz CT molecular complexity index is 909. The number of rotatable bonds is 4. The molecule has 0 spiro atoms. The van der Waals surface area contributed by atoms with Gasteiger partial charge in [0.25, 0.3) is 5.56 Å². The van der Waals surface area contributed by atoms with Crippen molar-refractivity contribution in [3.8, 4) is 11.4 Å². The molecular formula is C19H19N3O2. The van der Waals surface area contributed by atoms with Gasteiger partial charge < -0.3 is 5.32 Å². The molecule has 0 saturated heterocycles. The van der Waals surface area contributed by atoms with Crippen molar-refractivity contribution in [1.29, 1.82) is 0 Å². The van der Waals surface area contributed by atoms with Crippen LogP contribution in [-0.2, 0) is 11.2 Å². The summed E-state index contributed by atoms with van der Waals surface area (Å²) in [5, 5.41) is 2.70. The van der Waals surface area contributed by atoms with Crippen molar-refractivity contribution in [2.45, 2.75) is 20.3 Å². The van der Waals surface area contributed by atoms with Gasteiger partial charge in [-0.2, -0.15) is 0 Å². The first-order chi connectivity index (χ1) is 11.6. The minimum atomic E-state index is -0.257. The number of anilines is 1. The van der Waals surface area contributed by atoms with Crippen LogP contribution in [0.2, 0.25) is 0 Å². The monoisotopic (exact) mass is 321 g/mol. The van der Waals surface area contributed by atoms with Crippen LogP contribution in [0, 0.1) is 0 Å². The summed E-state index contributed by atoms with van der Waals surface area (Å²) in [5.41, 5.74) is 2.48. The molecule has 0 saturated carbocycles. The average molecular weight is 321 g/mol. The smallest absolute Gasteiger partial charge is 0.295 e. The third-order valence-electron chi connectivity index (χ3n) is 3.79. The summed E-state index contributed by atoms with van der Waals surface area (Å²) in [7, 11) is 0. The van der Waals surface area contributed by atoms with Gasteiger partial charge in [0, 0.05) is 6.92 Å². The molecule has 1 N–H and O–H groups in total. The number of aromatic nitrogens is 2. The van der Waals surface area contributed by atoms with Gasteiger partial charge in [-0.1, -0.05) is 43.3 Å². The molecule has 0 bridgehead atoms. The maximum Gasteiger partial charge on any atom is 0.295 e. The highest BCUT2D eigenvalue weighted by atomic mass is 16.2. The number of hydrogen-bond acceptors (Lipinski definition) is 2. The molecule has 0 aliphatic carbocycles. The third-order valence-corrected chi connectivity index (χ3v) is 3.79. The van der Waals surface area contributed by atoms with E-state index in [0.29, 0.717) is 12.1 Å². The fourth-order valence-corrected chi connectivity index (χ4v) is 2.82. The van der Waals surface area contributed by atoms with Crippen LogP contribution in [0.15, 0.2) is 65.5 Å². The summed E-state index contributed by atoms with van der Waals surface area (Å²) in [5.74, 6) is -0.257. The third kappa shape index (κ3) is 2.76. The molecule has 3 aromatic rings. The van der Waals surface area contributed by atoms with E-state index in [4.69, 9.17) is 0 Å². The number of amides is 1. The van der Waals surface area contributed by atoms with Crippen molar-refractivity contribution < 1.29 is 4.79 Å². The quantitative estimate of drug-likeness (QED) is 0.802. The number of carbonyl (C=O) groups is 1. The van der Waals surface area contributed by atoms with Gasteiger partial charge in [0.1, 0.15) is 5.69 Å². The Labute approximate surface area is 140 Å². The lowest BCUT2D eigenvalue weighted by Gasteiger charge is -2.14. The molecule has 0 fully saturated rings. The molecule has 122 valence electrons. The lowest BCUT2D eigenvalue weighted by Crippen LogP contribution is -2.22. The van der Waals surface area contributed by atoms with E-state index in [9.17, 15) is 9.59 Å². The number of nitrogens with zero attached hydrogens (tertiary/aromatic N) is 2. The number of benzene rings is 2. The number of carbonyl (C=O) groups excluding carboxylic acids is 1. The average Bonchev–Trinajstić information content (AvgIpc) is 2.88. The Morgan fingerprint density at radius 3 is 1.88 bits per heavy atom. The van der Waals surface area contributed by atoms with Crippen LogP contribution in [-0.4, -0.2) is 15.3 Å². The Morgan fingerprint density at radius 2 is 1.42 bits per heavy atom. The van der Waals surface area contributed by atoms with E-state index >= 15 is 0 Å². The molecule has 3 rings (SSSR count). The fraction of sp³-hybridized carbons (Fsp3) is 0.158. The van der Waals surface area contributed by atoms with E-state index in [0.717, 1.165) is 17.1 Å². The van der Waals surface area contributed by atoms with Crippen molar-refractivity contribution >= 4 is 11.6 Å². The highest BCUT2D eigenvalue weighted by Crippen LogP contribution is 2.21. The van der Waals surface area contributed by atoms with Crippen molar-refractivity contribution in [1.82, 2.24) is 9.36 Å². The minimum Gasteiger partial charge on any atom is -0.320 e. The van der Waals surface area contributed by atoms with Crippen LogP contribution in [0.1, 0.15) is 19.5 Å². The maximum absolute atomic E-state index is 13.0. The zero-order valence-corrected chi connectivity index (χ0v) is 13.7. The Hall–Kier alpha value is -3.08. The number of nitrogens with one attached hydrogen (secondary N) is 1. The lowest BCUT2D eigenvalue weighted by atomic mass is 10.2. The van der Waals surface area contributed by atoms with Crippen LogP contribution in [0.5, 0.6) is 0 Å². The molecule has 1 aromatic heterocycles. The molecule has 0 atom stereocenters. The van der Waals surface area contributed by atoms with Crippen LogP contribution in [0.4, 0.5) is 5.69 Å². The molecule has 1 amide bonds. The standard InChI is InChI=1S/C19H19N3O2/c1-3-17-18(20-14(2)23)19(24)22(16-12-8-5-9-13-16)21(17)15-10-6-4-7-11-15/h4-13H,3H2,1-2H3,(H,20,23). The molecular weight excluding hydrogens is 302 g/mol. The largest absolute Gasteiger partial charge is 0.320 e. The summed E-state index contributed by atoms with van der Waals surface area (Å²) in [4.78, 5) is 24.6. The van der Waals surface area contributed by atoms with Crippen molar-refractivity contribution in [2.75, 3.05) is 5.32 Å². The molecule has 0 unspecified atom stereocenters. The van der Waals surface area contributed by atoms with E-state index in [-0.39, 0.29) is 11.5 Å². The zero-order valence-electron chi connectivity index (χ0n) is 13.7. The summed E-state index contributed by atoms with van der Waals surface area (Å²) in [6.45, 7) is 3.38. The molecule has 0 aliphatic heterocycles. The first kappa shape index (κ1) is 15.8. The molecule has 5 heteroatoms. The van der Waals surface area contributed by atoms with Crippen LogP contribution < -0.4 is 10.9 Å². The topological polar surface area (TPSA) is 56.0 Å². The predicted octanol–water partition coefficient (Wildman–Crippen LogP) is 3.15. The molecule has 1 heterocycles. The van der Waals surface area contributed by atoms with Crippen molar-refractivity contribution in [3.63, 3.8) is 0 Å². The molecule has 0 radical (unpaired) electrons. The molecule has 24 heavy (non-hydrogen) atoms.